The van der Waals surface area contributed by atoms with E-state index in [1.807, 2.05) is 0 Å². The van der Waals surface area contributed by atoms with Gasteiger partial charge in [-0.05, 0) is 6.07 Å². The van der Waals surface area contributed by atoms with Crippen LogP contribution in [0.2, 0.25) is 10.0 Å². The number of esters is 1. The molecule has 2 rings (SSSR count). The molecule has 0 aliphatic heterocycles. The van der Waals surface area contributed by atoms with Crippen molar-refractivity contribution >= 4 is 40.5 Å². The normalized spacial score (nSPS) is 12.0. The van der Waals surface area contributed by atoms with E-state index in [2.05, 4.69) is 11.6 Å². The van der Waals surface area contributed by atoms with E-state index in [9.17, 15) is 9.90 Å². The summed E-state index contributed by atoms with van der Waals surface area (Å²) in [5.74, 6) is -0.714. The van der Waals surface area contributed by atoms with Gasteiger partial charge in [0.15, 0.2) is 0 Å². The molecular formula is C14H11Cl2NO3S. The minimum Gasteiger partial charge on any atom is -0.457 e. The molecule has 0 aliphatic rings. The van der Waals surface area contributed by atoms with Crippen LogP contribution in [0.25, 0.3) is 0 Å². The van der Waals surface area contributed by atoms with Crippen LogP contribution in [0, 0.1) is 0 Å². The minimum absolute atomic E-state index is 0.0537. The lowest BCUT2D eigenvalue weighted by atomic mass is 10.2. The van der Waals surface area contributed by atoms with Gasteiger partial charge < -0.3 is 9.84 Å². The van der Waals surface area contributed by atoms with E-state index in [4.69, 9.17) is 27.9 Å². The van der Waals surface area contributed by atoms with Gasteiger partial charge >= 0.3 is 5.97 Å². The number of aliphatic hydroxyl groups excluding tert-OH is 1. The molecule has 0 radical (unpaired) electrons. The molecule has 1 aromatic carbocycles. The molecule has 4 nitrogen and oxygen atoms in total. The van der Waals surface area contributed by atoms with Crippen LogP contribution < -0.4 is 0 Å². The summed E-state index contributed by atoms with van der Waals surface area (Å²) in [6, 6.07) is 5.04. The number of thiazole rings is 1. The zero-order valence-electron chi connectivity index (χ0n) is 10.8. The maximum Gasteiger partial charge on any atom is 0.336 e. The third kappa shape index (κ3) is 3.83. The molecule has 0 fully saturated rings. The number of carbonyl (C=O) groups excluding carboxylic acids is 1. The van der Waals surface area contributed by atoms with Crippen molar-refractivity contribution in [1.29, 1.82) is 0 Å². The molecule has 0 bridgehead atoms. The van der Waals surface area contributed by atoms with E-state index in [1.165, 1.54) is 17.5 Å². The van der Waals surface area contributed by atoms with Crippen LogP contribution in [0.5, 0.6) is 0 Å². The minimum atomic E-state index is -1.17. The van der Waals surface area contributed by atoms with Crippen LogP contribution in [0.4, 0.5) is 0 Å². The van der Waals surface area contributed by atoms with Crippen molar-refractivity contribution in [3.8, 4) is 0 Å². The molecule has 21 heavy (non-hydrogen) atoms. The van der Waals surface area contributed by atoms with Gasteiger partial charge in [-0.3, -0.25) is 0 Å². The van der Waals surface area contributed by atoms with Crippen molar-refractivity contribution in [2.24, 2.45) is 0 Å². The summed E-state index contributed by atoms with van der Waals surface area (Å²) in [6.07, 6.45) is 0.362. The average Bonchev–Trinajstić information content (AvgIpc) is 3.01. The molecule has 7 heteroatoms. The first-order chi connectivity index (χ1) is 10.0. The fraction of sp³-hybridized carbons (Fsp3) is 0.143. The van der Waals surface area contributed by atoms with Crippen LogP contribution in [0.15, 0.2) is 41.9 Å². The standard InChI is InChI=1S/C14H11Cl2NO3S/c1-8(12(18)13-17-5-6-21-13)14(19)20-7-9-3-2-4-10(15)11(9)16/h2-6,12,18H,1,7H2. The second-order valence-electron chi connectivity index (χ2n) is 4.09. The van der Waals surface area contributed by atoms with Gasteiger partial charge in [-0.25, -0.2) is 9.78 Å². The molecular weight excluding hydrogens is 333 g/mol. The van der Waals surface area contributed by atoms with Crippen molar-refractivity contribution in [3.63, 3.8) is 0 Å². The number of benzene rings is 1. The van der Waals surface area contributed by atoms with Gasteiger partial charge in [0.25, 0.3) is 0 Å². The molecule has 0 aliphatic carbocycles. The summed E-state index contributed by atoms with van der Waals surface area (Å²) in [7, 11) is 0. The highest BCUT2D eigenvalue weighted by Crippen LogP contribution is 2.27. The molecule has 2 aromatic rings. The lowest BCUT2D eigenvalue weighted by Crippen LogP contribution is -2.13. The number of hydrogen-bond acceptors (Lipinski definition) is 5. The van der Waals surface area contributed by atoms with Crippen molar-refractivity contribution in [2.75, 3.05) is 0 Å². The summed E-state index contributed by atoms with van der Waals surface area (Å²) < 4.78 is 5.08. The Morgan fingerprint density at radius 2 is 2.24 bits per heavy atom. The number of rotatable bonds is 5. The van der Waals surface area contributed by atoms with E-state index in [0.29, 0.717) is 20.6 Å². The topological polar surface area (TPSA) is 59.4 Å². The third-order valence-corrected chi connectivity index (χ3v) is 4.35. The van der Waals surface area contributed by atoms with E-state index in [1.54, 1.807) is 23.6 Å². The lowest BCUT2D eigenvalue weighted by Gasteiger charge is -2.12. The Morgan fingerprint density at radius 3 is 2.90 bits per heavy atom. The number of hydrogen-bond donors (Lipinski definition) is 1. The first kappa shape index (κ1) is 16.0. The Labute approximate surface area is 135 Å². The van der Waals surface area contributed by atoms with Gasteiger partial charge in [-0.2, -0.15) is 0 Å². The number of aromatic nitrogens is 1. The molecule has 0 amide bonds. The predicted molar refractivity (Wildman–Crippen MR) is 82.5 cm³/mol. The number of carbonyl (C=O) groups is 1. The largest absolute Gasteiger partial charge is 0.457 e. The SMILES string of the molecule is C=C(C(=O)OCc1cccc(Cl)c1Cl)C(O)c1nccs1. The molecule has 110 valence electrons. The maximum atomic E-state index is 11.9. The number of halogens is 2. The van der Waals surface area contributed by atoms with E-state index < -0.39 is 12.1 Å². The highest BCUT2D eigenvalue weighted by atomic mass is 35.5. The van der Waals surface area contributed by atoms with Crippen LogP contribution >= 0.6 is 34.5 Å². The van der Waals surface area contributed by atoms with Gasteiger partial charge in [-0.1, -0.05) is 41.9 Å². The fourth-order valence-corrected chi connectivity index (χ4v) is 2.55. The number of aliphatic hydroxyl groups is 1. The summed E-state index contributed by atoms with van der Waals surface area (Å²) in [5, 5.41) is 12.7. The molecule has 1 heterocycles. The molecule has 0 saturated carbocycles. The third-order valence-electron chi connectivity index (χ3n) is 2.67. The number of nitrogens with zero attached hydrogens (tertiary/aromatic N) is 1. The second kappa shape index (κ2) is 7.04. The Balaban J connectivity index is 1.98. The smallest absolute Gasteiger partial charge is 0.336 e. The Kier molecular flexibility index (Phi) is 5.36. The highest BCUT2D eigenvalue weighted by Gasteiger charge is 2.22. The Bertz CT molecular complexity index is 658. The van der Waals surface area contributed by atoms with E-state index >= 15 is 0 Å². The van der Waals surface area contributed by atoms with Crippen molar-refractivity contribution in [1.82, 2.24) is 4.98 Å². The van der Waals surface area contributed by atoms with Gasteiger partial charge in [-0.15, -0.1) is 11.3 Å². The van der Waals surface area contributed by atoms with Gasteiger partial charge in [0.05, 0.1) is 15.6 Å². The summed E-state index contributed by atoms with van der Waals surface area (Å²) in [6.45, 7) is 3.49. The van der Waals surface area contributed by atoms with Crippen LogP contribution in [0.1, 0.15) is 16.7 Å². The van der Waals surface area contributed by atoms with Crippen molar-refractivity contribution in [3.05, 3.63) is 62.5 Å². The second-order valence-corrected chi connectivity index (χ2v) is 5.80. The van der Waals surface area contributed by atoms with Crippen LogP contribution in [-0.4, -0.2) is 16.1 Å². The zero-order valence-corrected chi connectivity index (χ0v) is 13.1. The number of ether oxygens (including phenoxy) is 1. The quantitative estimate of drug-likeness (QED) is 0.662. The van der Waals surface area contributed by atoms with Gasteiger partial charge in [0.2, 0.25) is 0 Å². The summed E-state index contributed by atoms with van der Waals surface area (Å²) in [5.41, 5.74) is 0.497. The fourth-order valence-electron chi connectivity index (χ4n) is 1.53. The molecule has 1 N–H and O–H groups in total. The van der Waals surface area contributed by atoms with Gasteiger partial charge in [0.1, 0.15) is 17.7 Å². The van der Waals surface area contributed by atoms with Crippen molar-refractivity contribution in [2.45, 2.75) is 12.7 Å². The van der Waals surface area contributed by atoms with E-state index in [0.717, 1.165) is 0 Å². The summed E-state index contributed by atoms with van der Waals surface area (Å²) in [4.78, 5) is 15.8. The molecule has 1 unspecified atom stereocenters. The van der Waals surface area contributed by atoms with E-state index in [-0.39, 0.29) is 12.2 Å². The monoisotopic (exact) mass is 343 g/mol. The first-order valence-corrected chi connectivity index (χ1v) is 7.50. The first-order valence-electron chi connectivity index (χ1n) is 5.87. The zero-order chi connectivity index (χ0) is 15.4. The molecule has 0 saturated heterocycles. The van der Waals surface area contributed by atoms with Crippen LogP contribution in [0.3, 0.4) is 0 Å². The summed E-state index contributed by atoms with van der Waals surface area (Å²) >= 11 is 13.1. The molecule has 1 atom stereocenters. The molecule has 0 spiro atoms. The maximum absolute atomic E-state index is 11.9. The Morgan fingerprint density at radius 1 is 1.48 bits per heavy atom. The highest BCUT2D eigenvalue weighted by molar-refractivity contribution is 7.09. The lowest BCUT2D eigenvalue weighted by molar-refractivity contribution is -0.141. The Hall–Kier alpha value is -1.40. The van der Waals surface area contributed by atoms with Crippen LogP contribution in [-0.2, 0) is 16.1 Å². The van der Waals surface area contributed by atoms with Gasteiger partial charge in [0, 0.05) is 17.1 Å². The molecule has 1 aromatic heterocycles. The van der Waals surface area contributed by atoms with Crippen molar-refractivity contribution < 1.29 is 14.6 Å². The average molecular weight is 344 g/mol. The predicted octanol–water partition coefficient (Wildman–Crippen LogP) is 3.78.